The molecular formula is C11H20O2. The van der Waals surface area contributed by atoms with Gasteiger partial charge in [0.25, 0.3) is 0 Å². The molecule has 0 amide bonds. The van der Waals surface area contributed by atoms with Gasteiger partial charge in [-0.1, -0.05) is 20.3 Å². The van der Waals surface area contributed by atoms with Crippen molar-refractivity contribution < 1.29 is 9.53 Å². The number of carbonyl (C=O) groups is 1. The summed E-state index contributed by atoms with van der Waals surface area (Å²) >= 11 is 0. The maximum absolute atomic E-state index is 10.9. The molecule has 76 valence electrons. The van der Waals surface area contributed by atoms with Gasteiger partial charge < -0.3 is 9.53 Å². The van der Waals surface area contributed by atoms with Crippen LogP contribution in [0.2, 0.25) is 0 Å². The van der Waals surface area contributed by atoms with Crippen LogP contribution in [0.5, 0.6) is 0 Å². The summed E-state index contributed by atoms with van der Waals surface area (Å²) in [6, 6.07) is 0. The first kappa shape index (κ1) is 10.7. The van der Waals surface area contributed by atoms with E-state index >= 15 is 0 Å². The summed E-state index contributed by atoms with van der Waals surface area (Å²) in [6.45, 7) is 4.06. The molecule has 2 atom stereocenters. The molecule has 1 aliphatic carbocycles. The number of aldehydes is 1. The Labute approximate surface area is 80.7 Å². The summed E-state index contributed by atoms with van der Waals surface area (Å²) in [6.07, 6.45) is 6.03. The van der Waals surface area contributed by atoms with Crippen LogP contribution in [-0.4, -0.2) is 19.5 Å². The maximum Gasteiger partial charge on any atom is 0.125 e. The third-order valence-corrected chi connectivity index (χ3v) is 3.32. The number of rotatable bonds is 3. The molecule has 0 N–H and O–H groups in total. The summed E-state index contributed by atoms with van der Waals surface area (Å²) < 4.78 is 5.35. The lowest BCUT2D eigenvalue weighted by atomic mass is 9.71. The second-order valence-electron chi connectivity index (χ2n) is 4.66. The van der Waals surface area contributed by atoms with Crippen molar-refractivity contribution in [2.24, 2.45) is 11.3 Å². The number of carbonyl (C=O) groups excluding carboxylic acids is 1. The lowest BCUT2D eigenvalue weighted by molar-refractivity contribution is -0.118. The highest BCUT2D eigenvalue weighted by Crippen LogP contribution is 2.37. The quantitative estimate of drug-likeness (QED) is 0.630. The average molecular weight is 184 g/mol. The van der Waals surface area contributed by atoms with E-state index < -0.39 is 0 Å². The number of hydrogen-bond donors (Lipinski definition) is 0. The minimum Gasteiger partial charge on any atom is -0.381 e. The summed E-state index contributed by atoms with van der Waals surface area (Å²) in [5.41, 5.74) is -0.169. The molecule has 0 aromatic carbocycles. The molecule has 1 saturated carbocycles. The van der Waals surface area contributed by atoms with Gasteiger partial charge >= 0.3 is 0 Å². The van der Waals surface area contributed by atoms with Gasteiger partial charge in [-0.3, -0.25) is 0 Å². The third-order valence-electron chi connectivity index (χ3n) is 3.32. The molecule has 0 aliphatic heterocycles. The van der Waals surface area contributed by atoms with Gasteiger partial charge in [-0.25, -0.2) is 0 Å². The fourth-order valence-corrected chi connectivity index (χ4v) is 2.13. The van der Waals surface area contributed by atoms with Crippen LogP contribution in [0.3, 0.4) is 0 Å². The second-order valence-corrected chi connectivity index (χ2v) is 4.66. The molecule has 0 bridgehead atoms. The molecule has 0 radical (unpaired) electrons. The molecule has 2 nitrogen and oxygen atoms in total. The fourth-order valence-electron chi connectivity index (χ4n) is 2.13. The number of ether oxygens (including phenoxy) is 1. The van der Waals surface area contributed by atoms with Crippen LogP contribution < -0.4 is 0 Å². The van der Waals surface area contributed by atoms with Crippen molar-refractivity contribution in [2.45, 2.75) is 45.6 Å². The van der Waals surface area contributed by atoms with E-state index in [9.17, 15) is 4.79 Å². The molecule has 0 heterocycles. The smallest absolute Gasteiger partial charge is 0.125 e. The van der Waals surface area contributed by atoms with E-state index in [0.29, 0.717) is 12.0 Å². The highest BCUT2D eigenvalue weighted by molar-refractivity contribution is 5.58. The van der Waals surface area contributed by atoms with Gasteiger partial charge in [-0.15, -0.1) is 0 Å². The molecule has 1 fully saturated rings. The van der Waals surface area contributed by atoms with Gasteiger partial charge in [-0.2, -0.15) is 0 Å². The molecule has 0 spiro atoms. The summed E-state index contributed by atoms with van der Waals surface area (Å²) in [4.78, 5) is 10.9. The number of hydrogen-bond acceptors (Lipinski definition) is 2. The Morgan fingerprint density at radius 1 is 1.38 bits per heavy atom. The van der Waals surface area contributed by atoms with Crippen LogP contribution in [0.4, 0.5) is 0 Å². The third kappa shape index (κ3) is 2.53. The Balaban J connectivity index is 2.55. The van der Waals surface area contributed by atoms with Crippen LogP contribution in [0, 0.1) is 11.3 Å². The number of methoxy groups -OCH3 is 1. The Morgan fingerprint density at radius 3 is 2.62 bits per heavy atom. The Hall–Kier alpha value is -0.370. The second kappa shape index (κ2) is 4.23. The monoisotopic (exact) mass is 184 g/mol. The minimum atomic E-state index is -0.169. The van der Waals surface area contributed by atoms with E-state index in [1.54, 1.807) is 7.11 Å². The first-order valence-corrected chi connectivity index (χ1v) is 5.09. The van der Waals surface area contributed by atoms with Gasteiger partial charge in [0.05, 0.1) is 6.10 Å². The molecule has 1 rings (SSSR count). The van der Waals surface area contributed by atoms with Crippen molar-refractivity contribution in [3.63, 3.8) is 0 Å². The van der Waals surface area contributed by atoms with Crippen molar-refractivity contribution in [2.75, 3.05) is 7.11 Å². The lowest BCUT2D eigenvalue weighted by Crippen LogP contribution is -2.33. The maximum atomic E-state index is 10.9. The van der Waals surface area contributed by atoms with E-state index in [0.717, 1.165) is 19.1 Å². The van der Waals surface area contributed by atoms with Crippen LogP contribution >= 0.6 is 0 Å². The topological polar surface area (TPSA) is 26.3 Å². The van der Waals surface area contributed by atoms with Crippen LogP contribution in [0.1, 0.15) is 39.5 Å². The van der Waals surface area contributed by atoms with Gasteiger partial charge in [0.15, 0.2) is 0 Å². The van der Waals surface area contributed by atoms with Crippen molar-refractivity contribution in [3.05, 3.63) is 0 Å². The molecule has 13 heavy (non-hydrogen) atoms. The Morgan fingerprint density at radius 2 is 2.08 bits per heavy atom. The predicted octanol–water partition coefficient (Wildman–Crippen LogP) is 2.42. The van der Waals surface area contributed by atoms with Crippen LogP contribution in [0.25, 0.3) is 0 Å². The Bertz CT molecular complexity index is 175. The van der Waals surface area contributed by atoms with Crippen LogP contribution in [-0.2, 0) is 9.53 Å². The normalized spacial score (nSPS) is 30.1. The lowest BCUT2D eigenvalue weighted by Gasteiger charge is -2.35. The standard InChI is InChI=1S/C11H20O2/c1-11(2,8-12)9-5-4-6-10(7-9)13-3/h8-10H,4-7H2,1-3H3. The predicted molar refractivity (Wildman–Crippen MR) is 52.6 cm³/mol. The highest BCUT2D eigenvalue weighted by atomic mass is 16.5. The largest absolute Gasteiger partial charge is 0.381 e. The SMILES string of the molecule is COC1CCCC(C(C)(C)C=O)C1. The van der Waals surface area contributed by atoms with E-state index in [2.05, 4.69) is 0 Å². The summed E-state index contributed by atoms with van der Waals surface area (Å²) in [5.74, 6) is 0.503. The minimum absolute atomic E-state index is 0.169. The summed E-state index contributed by atoms with van der Waals surface area (Å²) in [7, 11) is 1.76. The van der Waals surface area contributed by atoms with E-state index in [-0.39, 0.29) is 5.41 Å². The molecular weight excluding hydrogens is 164 g/mol. The van der Waals surface area contributed by atoms with Gasteiger partial charge in [0, 0.05) is 12.5 Å². The zero-order chi connectivity index (χ0) is 9.90. The molecule has 0 aromatic rings. The first-order chi connectivity index (χ1) is 6.10. The Kier molecular flexibility index (Phi) is 3.48. The fraction of sp³-hybridized carbons (Fsp3) is 0.909. The van der Waals surface area contributed by atoms with E-state index in [4.69, 9.17) is 4.74 Å². The molecule has 0 saturated heterocycles. The van der Waals surface area contributed by atoms with E-state index in [1.807, 2.05) is 13.8 Å². The van der Waals surface area contributed by atoms with Crippen molar-refractivity contribution in [1.82, 2.24) is 0 Å². The zero-order valence-corrected chi connectivity index (χ0v) is 8.88. The van der Waals surface area contributed by atoms with Crippen molar-refractivity contribution >= 4 is 6.29 Å². The van der Waals surface area contributed by atoms with E-state index in [1.165, 1.54) is 12.8 Å². The summed E-state index contributed by atoms with van der Waals surface area (Å²) in [5, 5.41) is 0. The molecule has 1 aliphatic rings. The molecule has 2 unspecified atom stereocenters. The molecule has 2 heteroatoms. The van der Waals surface area contributed by atoms with Gasteiger partial charge in [0.1, 0.15) is 6.29 Å². The zero-order valence-electron chi connectivity index (χ0n) is 8.88. The van der Waals surface area contributed by atoms with Gasteiger partial charge in [0.2, 0.25) is 0 Å². The van der Waals surface area contributed by atoms with Gasteiger partial charge in [-0.05, 0) is 25.2 Å². The van der Waals surface area contributed by atoms with Crippen molar-refractivity contribution in [3.8, 4) is 0 Å². The highest BCUT2D eigenvalue weighted by Gasteiger charge is 2.33. The van der Waals surface area contributed by atoms with Crippen molar-refractivity contribution in [1.29, 1.82) is 0 Å². The average Bonchev–Trinajstić information content (AvgIpc) is 2.18. The first-order valence-electron chi connectivity index (χ1n) is 5.09. The molecule has 0 aromatic heterocycles. The van der Waals surface area contributed by atoms with Crippen LogP contribution in [0.15, 0.2) is 0 Å².